The van der Waals surface area contributed by atoms with Crippen LogP contribution in [0.25, 0.3) is 0 Å². The molecule has 0 radical (unpaired) electrons. The van der Waals surface area contributed by atoms with Crippen LogP contribution in [0.1, 0.15) is 28.9 Å². The molecule has 2 aromatic rings. The number of alkyl halides is 2. The van der Waals surface area contributed by atoms with E-state index in [2.05, 4.69) is 15.0 Å². The Bertz CT molecular complexity index is 622. The van der Waals surface area contributed by atoms with E-state index in [4.69, 9.17) is 4.74 Å². The summed E-state index contributed by atoms with van der Waals surface area (Å²) >= 11 is 1.55. The molecule has 1 saturated heterocycles. The van der Waals surface area contributed by atoms with Crippen LogP contribution >= 0.6 is 11.3 Å². The standard InChI is InChI=1S/C13H14F2N4OS/c1-8-6-21-13(18-8)10-5-19(2-3-20-10)11-4-9(12(14)15)16-7-17-11/h4,6-7,10,12H,2-3,5H2,1H3. The summed E-state index contributed by atoms with van der Waals surface area (Å²) in [6.07, 6.45) is -1.57. The number of rotatable bonds is 3. The van der Waals surface area contributed by atoms with E-state index < -0.39 is 6.43 Å². The summed E-state index contributed by atoms with van der Waals surface area (Å²) in [4.78, 5) is 14.0. The smallest absolute Gasteiger partial charge is 0.280 e. The number of halogens is 2. The molecule has 1 aliphatic heterocycles. The lowest BCUT2D eigenvalue weighted by Crippen LogP contribution is -2.39. The van der Waals surface area contributed by atoms with Crippen molar-refractivity contribution in [2.45, 2.75) is 19.5 Å². The second kappa shape index (κ2) is 5.98. The van der Waals surface area contributed by atoms with Crippen molar-refractivity contribution in [3.63, 3.8) is 0 Å². The summed E-state index contributed by atoms with van der Waals surface area (Å²) in [5, 5.41) is 2.87. The van der Waals surface area contributed by atoms with Gasteiger partial charge < -0.3 is 9.64 Å². The molecule has 5 nitrogen and oxygen atoms in total. The largest absolute Gasteiger partial charge is 0.367 e. The third kappa shape index (κ3) is 3.16. The van der Waals surface area contributed by atoms with Gasteiger partial charge in [-0.15, -0.1) is 11.3 Å². The summed E-state index contributed by atoms with van der Waals surface area (Å²) in [7, 11) is 0. The number of thiazole rings is 1. The number of aromatic nitrogens is 3. The van der Waals surface area contributed by atoms with Crippen LogP contribution in [0.15, 0.2) is 17.8 Å². The lowest BCUT2D eigenvalue weighted by Gasteiger charge is -2.32. The van der Waals surface area contributed by atoms with Crippen molar-refractivity contribution in [2.75, 3.05) is 24.6 Å². The van der Waals surface area contributed by atoms with E-state index in [1.54, 1.807) is 11.3 Å². The number of ether oxygens (including phenoxy) is 1. The number of nitrogens with zero attached hydrogens (tertiary/aromatic N) is 4. The highest BCUT2D eigenvalue weighted by Crippen LogP contribution is 2.28. The maximum absolute atomic E-state index is 12.7. The zero-order chi connectivity index (χ0) is 14.8. The number of aryl methyl sites for hydroxylation is 1. The van der Waals surface area contributed by atoms with Gasteiger partial charge in [0.15, 0.2) is 0 Å². The van der Waals surface area contributed by atoms with Crippen molar-refractivity contribution < 1.29 is 13.5 Å². The van der Waals surface area contributed by atoms with Crippen LogP contribution in [0.3, 0.4) is 0 Å². The van der Waals surface area contributed by atoms with Gasteiger partial charge in [0, 0.05) is 23.7 Å². The molecule has 2 aromatic heterocycles. The predicted octanol–water partition coefficient (Wildman–Crippen LogP) is 2.76. The third-order valence-corrected chi connectivity index (χ3v) is 4.25. The van der Waals surface area contributed by atoms with Gasteiger partial charge in [-0.1, -0.05) is 0 Å². The van der Waals surface area contributed by atoms with E-state index in [0.717, 1.165) is 10.7 Å². The molecule has 1 unspecified atom stereocenters. The van der Waals surface area contributed by atoms with Gasteiger partial charge in [-0.2, -0.15) is 0 Å². The Hall–Kier alpha value is -1.67. The maximum atomic E-state index is 12.7. The van der Waals surface area contributed by atoms with Gasteiger partial charge in [0.25, 0.3) is 6.43 Å². The Morgan fingerprint density at radius 2 is 2.29 bits per heavy atom. The van der Waals surface area contributed by atoms with E-state index >= 15 is 0 Å². The van der Waals surface area contributed by atoms with E-state index in [-0.39, 0.29) is 11.8 Å². The summed E-state index contributed by atoms with van der Waals surface area (Å²) in [6, 6.07) is 1.33. The maximum Gasteiger partial charge on any atom is 0.280 e. The zero-order valence-electron chi connectivity index (χ0n) is 11.4. The molecule has 112 valence electrons. The van der Waals surface area contributed by atoms with E-state index in [9.17, 15) is 8.78 Å². The minimum atomic E-state index is -2.59. The highest BCUT2D eigenvalue weighted by molar-refractivity contribution is 7.09. The van der Waals surface area contributed by atoms with Gasteiger partial charge in [0.2, 0.25) is 0 Å². The van der Waals surface area contributed by atoms with Gasteiger partial charge in [0.1, 0.15) is 29.0 Å². The summed E-state index contributed by atoms with van der Waals surface area (Å²) in [5.74, 6) is 0.502. The Kier molecular flexibility index (Phi) is 4.07. The molecule has 0 amide bonds. The van der Waals surface area contributed by atoms with Crippen LogP contribution in [0.4, 0.5) is 14.6 Å². The Balaban J connectivity index is 1.78. The van der Waals surface area contributed by atoms with E-state index in [1.807, 2.05) is 17.2 Å². The number of hydrogen-bond acceptors (Lipinski definition) is 6. The fourth-order valence-electron chi connectivity index (χ4n) is 2.18. The molecule has 21 heavy (non-hydrogen) atoms. The van der Waals surface area contributed by atoms with Crippen LogP contribution in [0.5, 0.6) is 0 Å². The SMILES string of the molecule is Cc1csc(C2CN(c3cc(C(F)F)ncn3)CCO2)n1. The van der Waals surface area contributed by atoms with Crippen molar-refractivity contribution >= 4 is 17.2 Å². The molecule has 0 spiro atoms. The molecule has 0 saturated carbocycles. The first-order chi connectivity index (χ1) is 10.1. The molecular formula is C13H14F2N4OS. The molecule has 1 atom stereocenters. The van der Waals surface area contributed by atoms with Crippen molar-refractivity contribution in [1.29, 1.82) is 0 Å². The van der Waals surface area contributed by atoms with Gasteiger partial charge >= 0.3 is 0 Å². The van der Waals surface area contributed by atoms with Crippen LogP contribution in [-0.2, 0) is 4.74 Å². The summed E-state index contributed by atoms with van der Waals surface area (Å²) < 4.78 is 31.2. The normalized spacial score (nSPS) is 19.2. The van der Waals surface area contributed by atoms with Gasteiger partial charge in [0.05, 0.1) is 13.2 Å². The number of anilines is 1. The molecule has 0 aromatic carbocycles. The molecule has 8 heteroatoms. The predicted molar refractivity (Wildman–Crippen MR) is 74.7 cm³/mol. The molecule has 0 aliphatic carbocycles. The number of morpholine rings is 1. The first-order valence-electron chi connectivity index (χ1n) is 6.52. The minimum absolute atomic E-state index is 0.151. The first kappa shape index (κ1) is 14.3. The monoisotopic (exact) mass is 312 g/mol. The quantitative estimate of drug-likeness (QED) is 0.872. The molecule has 0 bridgehead atoms. The average molecular weight is 312 g/mol. The van der Waals surface area contributed by atoms with Crippen LogP contribution in [0, 0.1) is 6.92 Å². The highest BCUT2D eigenvalue weighted by atomic mass is 32.1. The second-order valence-electron chi connectivity index (χ2n) is 4.73. The van der Waals surface area contributed by atoms with Crippen molar-refractivity contribution in [1.82, 2.24) is 15.0 Å². The molecule has 1 fully saturated rings. The highest BCUT2D eigenvalue weighted by Gasteiger charge is 2.25. The minimum Gasteiger partial charge on any atom is -0.367 e. The van der Waals surface area contributed by atoms with Crippen LogP contribution in [0.2, 0.25) is 0 Å². The average Bonchev–Trinajstić information content (AvgIpc) is 2.94. The summed E-state index contributed by atoms with van der Waals surface area (Å²) in [5.41, 5.74) is 0.700. The molecule has 3 heterocycles. The van der Waals surface area contributed by atoms with Crippen LogP contribution in [-0.4, -0.2) is 34.6 Å². The lowest BCUT2D eigenvalue weighted by molar-refractivity contribution is 0.0392. The van der Waals surface area contributed by atoms with Gasteiger partial charge in [-0.25, -0.2) is 23.7 Å². The molecule has 1 aliphatic rings. The van der Waals surface area contributed by atoms with Crippen LogP contribution < -0.4 is 4.90 Å². The first-order valence-corrected chi connectivity index (χ1v) is 7.40. The van der Waals surface area contributed by atoms with Crippen molar-refractivity contribution in [2.24, 2.45) is 0 Å². The molecular weight excluding hydrogens is 298 g/mol. The van der Waals surface area contributed by atoms with Crippen molar-refractivity contribution in [3.8, 4) is 0 Å². The molecule has 3 rings (SSSR count). The topological polar surface area (TPSA) is 51.1 Å². The van der Waals surface area contributed by atoms with Crippen molar-refractivity contribution in [3.05, 3.63) is 34.2 Å². The Morgan fingerprint density at radius 3 is 3.00 bits per heavy atom. The van der Waals surface area contributed by atoms with Gasteiger partial charge in [-0.3, -0.25) is 0 Å². The third-order valence-electron chi connectivity index (χ3n) is 3.20. The van der Waals surface area contributed by atoms with Gasteiger partial charge in [-0.05, 0) is 6.92 Å². The fourth-order valence-corrected chi connectivity index (χ4v) is 3.02. The zero-order valence-corrected chi connectivity index (χ0v) is 12.2. The lowest BCUT2D eigenvalue weighted by atomic mass is 10.2. The Morgan fingerprint density at radius 1 is 1.43 bits per heavy atom. The number of hydrogen-bond donors (Lipinski definition) is 0. The molecule has 0 N–H and O–H groups in total. The van der Waals surface area contributed by atoms with E-state index in [1.165, 1.54) is 12.4 Å². The Labute approximate surface area is 124 Å². The van der Waals surface area contributed by atoms with E-state index in [0.29, 0.717) is 25.5 Å². The summed E-state index contributed by atoms with van der Waals surface area (Å²) in [6.45, 7) is 3.60. The fraction of sp³-hybridized carbons (Fsp3) is 0.462. The second-order valence-corrected chi connectivity index (χ2v) is 5.62.